The summed E-state index contributed by atoms with van der Waals surface area (Å²) in [6.45, 7) is 1.15. The van der Waals surface area contributed by atoms with Crippen molar-refractivity contribution < 1.29 is 9.59 Å². The van der Waals surface area contributed by atoms with Gasteiger partial charge in [-0.3, -0.25) is 9.59 Å². The number of carbonyl (C=O) groups excluding carboxylic acids is 2. The van der Waals surface area contributed by atoms with Crippen molar-refractivity contribution in [3.8, 4) is 0 Å². The molecule has 1 saturated heterocycles. The van der Waals surface area contributed by atoms with Crippen LogP contribution < -0.4 is 5.73 Å². The van der Waals surface area contributed by atoms with Crippen LogP contribution in [0.5, 0.6) is 0 Å². The SMILES string of the molecule is NC(=O)C1CCN(C(=O)C2(Sc3ccccc3)CCCC2)C1. The minimum Gasteiger partial charge on any atom is -0.369 e. The third kappa shape index (κ3) is 3.00. The average molecular weight is 318 g/mol. The Morgan fingerprint density at radius 2 is 1.86 bits per heavy atom. The van der Waals surface area contributed by atoms with Crippen LogP contribution in [0.25, 0.3) is 0 Å². The van der Waals surface area contributed by atoms with Gasteiger partial charge in [-0.15, -0.1) is 11.8 Å². The van der Waals surface area contributed by atoms with Gasteiger partial charge in [-0.2, -0.15) is 0 Å². The van der Waals surface area contributed by atoms with E-state index in [1.165, 1.54) is 0 Å². The van der Waals surface area contributed by atoms with Gasteiger partial charge in [0.1, 0.15) is 0 Å². The molecule has 1 unspecified atom stereocenters. The first-order valence-corrected chi connectivity index (χ1v) is 8.75. The van der Waals surface area contributed by atoms with E-state index in [1.54, 1.807) is 11.8 Å². The van der Waals surface area contributed by atoms with Crippen molar-refractivity contribution in [3.63, 3.8) is 0 Å². The van der Waals surface area contributed by atoms with E-state index >= 15 is 0 Å². The zero-order chi connectivity index (χ0) is 15.6. The molecular formula is C17H22N2O2S. The Labute approximate surface area is 135 Å². The summed E-state index contributed by atoms with van der Waals surface area (Å²) in [5.41, 5.74) is 5.39. The normalized spacial score (nSPS) is 23.6. The topological polar surface area (TPSA) is 63.4 Å². The second kappa shape index (κ2) is 6.32. The maximum absolute atomic E-state index is 13.1. The molecule has 4 nitrogen and oxygen atoms in total. The van der Waals surface area contributed by atoms with Crippen LogP contribution in [0.2, 0.25) is 0 Å². The number of rotatable bonds is 4. The Hall–Kier alpha value is -1.49. The smallest absolute Gasteiger partial charge is 0.239 e. The van der Waals surface area contributed by atoms with Gasteiger partial charge in [0.05, 0.1) is 10.7 Å². The van der Waals surface area contributed by atoms with Crippen molar-refractivity contribution in [2.75, 3.05) is 13.1 Å². The van der Waals surface area contributed by atoms with Crippen LogP contribution in [0, 0.1) is 5.92 Å². The predicted octanol–water partition coefficient (Wildman–Crippen LogP) is 2.43. The lowest BCUT2D eigenvalue weighted by Crippen LogP contribution is -2.44. The maximum Gasteiger partial charge on any atom is 0.239 e. The monoisotopic (exact) mass is 318 g/mol. The standard InChI is InChI=1S/C17H22N2O2S/c18-15(20)13-8-11-19(12-13)16(21)17(9-4-5-10-17)22-14-6-2-1-3-7-14/h1-3,6-7,13H,4-5,8-12H2,(H2,18,20). The lowest BCUT2D eigenvalue weighted by Gasteiger charge is -2.32. The van der Waals surface area contributed by atoms with E-state index < -0.39 is 0 Å². The fourth-order valence-corrected chi connectivity index (χ4v) is 4.94. The van der Waals surface area contributed by atoms with E-state index in [2.05, 4.69) is 12.1 Å². The largest absolute Gasteiger partial charge is 0.369 e. The van der Waals surface area contributed by atoms with Crippen molar-refractivity contribution in [2.45, 2.75) is 41.7 Å². The molecular weight excluding hydrogens is 296 g/mol. The second-order valence-corrected chi connectivity index (χ2v) is 7.71. The molecule has 0 spiro atoms. The predicted molar refractivity (Wildman–Crippen MR) is 87.4 cm³/mol. The highest BCUT2D eigenvalue weighted by atomic mass is 32.2. The summed E-state index contributed by atoms with van der Waals surface area (Å²) in [5.74, 6) is -0.266. The Kier molecular flexibility index (Phi) is 4.43. The Bertz CT molecular complexity index is 555. The van der Waals surface area contributed by atoms with Gasteiger partial charge in [-0.05, 0) is 31.4 Å². The Morgan fingerprint density at radius 3 is 2.45 bits per heavy atom. The first-order chi connectivity index (χ1) is 10.6. The van der Waals surface area contributed by atoms with Crippen LogP contribution in [0.4, 0.5) is 0 Å². The summed E-state index contributed by atoms with van der Waals surface area (Å²) < 4.78 is -0.353. The third-order valence-electron chi connectivity index (χ3n) is 4.74. The molecule has 1 aliphatic heterocycles. The molecule has 0 radical (unpaired) electrons. The molecule has 1 atom stereocenters. The molecule has 2 fully saturated rings. The van der Waals surface area contributed by atoms with Crippen molar-refractivity contribution in [2.24, 2.45) is 11.7 Å². The van der Waals surface area contributed by atoms with Crippen LogP contribution in [0.1, 0.15) is 32.1 Å². The number of carbonyl (C=O) groups is 2. The van der Waals surface area contributed by atoms with Crippen molar-refractivity contribution in [1.82, 2.24) is 4.90 Å². The number of amides is 2. The maximum atomic E-state index is 13.1. The molecule has 1 aromatic carbocycles. The molecule has 5 heteroatoms. The molecule has 2 aliphatic rings. The molecule has 1 heterocycles. The fraction of sp³-hybridized carbons (Fsp3) is 0.529. The highest BCUT2D eigenvalue weighted by molar-refractivity contribution is 8.01. The molecule has 0 aromatic heterocycles. The molecule has 1 aromatic rings. The number of hydrogen-bond donors (Lipinski definition) is 1. The van der Waals surface area contributed by atoms with Gasteiger partial charge < -0.3 is 10.6 Å². The number of hydrogen-bond acceptors (Lipinski definition) is 3. The summed E-state index contributed by atoms with van der Waals surface area (Å²) in [4.78, 5) is 27.4. The first-order valence-electron chi connectivity index (χ1n) is 7.93. The number of nitrogens with two attached hydrogens (primary N) is 1. The van der Waals surface area contributed by atoms with E-state index in [0.29, 0.717) is 19.5 Å². The summed E-state index contributed by atoms with van der Waals surface area (Å²) in [6.07, 6.45) is 4.73. The van der Waals surface area contributed by atoms with E-state index in [0.717, 1.165) is 30.6 Å². The highest BCUT2D eigenvalue weighted by Crippen LogP contribution is 2.47. The minimum atomic E-state index is -0.353. The highest BCUT2D eigenvalue weighted by Gasteiger charge is 2.46. The van der Waals surface area contributed by atoms with Crippen molar-refractivity contribution in [1.29, 1.82) is 0 Å². The summed E-state index contributed by atoms with van der Waals surface area (Å²) in [7, 11) is 0. The van der Waals surface area contributed by atoms with Crippen LogP contribution in [0.15, 0.2) is 35.2 Å². The van der Waals surface area contributed by atoms with E-state index in [9.17, 15) is 9.59 Å². The van der Waals surface area contributed by atoms with Crippen LogP contribution >= 0.6 is 11.8 Å². The molecule has 22 heavy (non-hydrogen) atoms. The Balaban J connectivity index is 1.76. The number of thioether (sulfide) groups is 1. The lowest BCUT2D eigenvalue weighted by atomic mass is 10.1. The summed E-state index contributed by atoms with van der Waals surface area (Å²) >= 11 is 1.70. The molecule has 0 bridgehead atoms. The number of likely N-dealkylation sites (tertiary alicyclic amines) is 1. The van der Waals surface area contributed by atoms with E-state index in [1.807, 2.05) is 23.1 Å². The fourth-order valence-electron chi connectivity index (χ4n) is 3.48. The van der Waals surface area contributed by atoms with Gasteiger partial charge in [0.15, 0.2) is 0 Å². The van der Waals surface area contributed by atoms with Gasteiger partial charge in [0, 0.05) is 18.0 Å². The van der Waals surface area contributed by atoms with E-state index in [-0.39, 0.29) is 22.5 Å². The molecule has 1 saturated carbocycles. The zero-order valence-electron chi connectivity index (χ0n) is 12.7. The van der Waals surface area contributed by atoms with Crippen LogP contribution in [0.3, 0.4) is 0 Å². The van der Waals surface area contributed by atoms with E-state index in [4.69, 9.17) is 5.73 Å². The summed E-state index contributed by atoms with van der Waals surface area (Å²) in [5, 5.41) is 0. The van der Waals surface area contributed by atoms with Crippen LogP contribution in [-0.2, 0) is 9.59 Å². The van der Waals surface area contributed by atoms with Gasteiger partial charge in [0.25, 0.3) is 0 Å². The third-order valence-corrected chi connectivity index (χ3v) is 6.22. The molecule has 1 aliphatic carbocycles. The minimum absolute atomic E-state index is 0.177. The molecule has 2 amide bonds. The summed E-state index contributed by atoms with van der Waals surface area (Å²) in [6, 6.07) is 10.1. The lowest BCUT2D eigenvalue weighted by molar-refractivity contribution is -0.133. The number of benzene rings is 1. The van der Waals surface area contributed by atoms with Crippen LogP contribution in [-0.4, -0.2) is 34.6 Å². The van der Waals surface area contributed by atoms with Crippen molar-refractivity contribution in [3.05, 3.63) is 30.3 Å². The first kappa shape index (κ1) is 15.4. The zero-order valence-corrected chi connectivity index (χ0v) is 13.5. The van der Waals surface area contributed by atoms with Gasteiger partial charge in [0.2, 0.25) is 11.8 Å². The van der Waals surface area contributed by atoms with Crippen molar-refractivity contribution >= 4 is 23.6 Å². The van der Waals surface area contributed by atoms with Gasteiger partial charge >= 0.3 is 0 Å². The van der Waals surface area contributed by atoms with Gasteiger partial charge in [-0.1, -0.05) is 31.0 Å². The molecule has 2 N–H and O–H groups in total. The number of primary amides is 1. The number of nitrogens with zero attached hydrogens (tertiary/aromatic N) is 1. The quantitative estimate of drug-likeness (QED) is 0.927. The van der Waals surface area contributed by atoms with Gasteiger partial charge in [-0.25, -0.2) is 0 Å². The molecule has 118 valence electrons. The Morgan fingerprint density at radius 1 is 1.18 bits per heavy atom. The molecule has 3 rings (SSSR count). The second-order valence-electron chi connectivity index (χ2n) is 6.26. The average Bonchev–Trinajstić information content (AvgIpc) is 3.17.